The first-order valence-electron chi connectivity index (χ1n) is 10.7. The predicted molar refractivity (Wildman–Crippen MR) is 125 cm³/mol. The quantitative estimate of drug-likeness (QED) is 0.344. The molecule has 0 amide bonds. The minimum atomic E-state index is -0.257. The molecule has 0 saturated carbocycles. The van der Waals surface area contributed by atoms with Gasteiger partial charge in [-0.25, -0.2) is 8.91 Å². The molecule has 1 unspecified atom stereocenters. The Balaban J connectivity index is 1.53. The molecule has 1 atom stereocenters. The topological polar surface area (TPSA) is 33.4 Å². The van der Waals surface area contributed by atoms with Crippen LogP contribution in [0.4, 0.5) is 10.1 Å². The molecule has 156 valence electrons. The van der Waals surface area contributed by atoms with Gasteiger partial charge in [-0.2, -0.15) is 5.10 Å². The van der Waals surface area contributed by atoms with Gasteiger partial charge in [-0.05, 0) is 72.1 Å². The van der Waals surface area contributed by atoms with Gasteiger partial charge < -0.3 is 4.90 Å². The van der Waals surface area contributed by atoms with Gasteiger partial charge in [0.2, 0.25) is 0 Å². The Morgan fingerprint density at radius 2 is 1.69 bits per heavy atom. The maximum atomic E-state index is 13.6. The van der Waals surface area contributed by atoms with Gasteiger partial charge in [0.25, 0.3) is 0 Å². The van der Waals surface area contributed by atoms with Crippen LogP contribution in [0.1, 0.15) is 24.1 Å². The van der Waals surface area contributed by atoms with Crippen LogP contribution in [-0.2, 0) is 6.54 Å². The molecular formula is C27H21FN4. The number of hydrogen-bond acceptors (Lipinski definition) is 3. The minimum Gasteiger partial charge on any atom is -0.360 e. The number of pyridine rings is 2. The van der Waals surface area contributed by atoms with Crippen LogP contribution in [0.5, 0.6) is 0 Å². The number of nitrogens with zero attached hydrogens (tertiary/aromatic N) is 4. The number of fused-ring (bicyclic) bond motifs is 2. The average Bonchev–Trinajstić information content (AvgIpc) is 3.38. The van der Waals surface area contributed by atoms with Crippen LogP contribution >= 0.6 is 0 Å². The van der Waals surface area contributed by atoms with E-state index in [1.165, 1.54) is 23.3 Å². The number of hydrogen-bond donors (Lipinski definition) is 0. The van der Waals surface area contributed by atoms with E-state index in [0.717, 1.165) is 40.1 Å². The van der Waals surface area contributed by atoms with E-state index >= 15 is 0 Å². The van der Waals surface area contributed by atoms with Gasteiger partial charge in [0.15, 0.2) is 0 Å². The van der Waals surface area contributed by atoms with Crippen LogP contribution in [-0.4, -0.2) is 14.6 Å². The van der Waals surface area contributed by atoms with Crippen LogP contribution in [0.25, 0.3) is 27.9 Å². The molecule has 4 nitrogen and oxygen atoms in total. The highest BCUT2D eigenvalue weighted by Crippen LogP contribution is 2.40. The summed E-state index contributed by atoms with van der Waals surface area (Å²) >= 11 is 0. The zero-order valence-corrected chi connectivity index (χ0v) is 17.6. The lowest BCUT2D eigenvalue weighted by molar-refractivity contribution is 0.628. The van der Waals surface area contributed by atoms with Crippen molar-refractivity contribution in [3.8, 4) is 22.4 Å². The van der Waals surface area contributed by atoms with E-state index in [1.807, 2.05) is 22.8 Å². The Kier molecular flexibility index (Phi) is 4.28. The second kappa shape index (κ2) is 7.31. The van der Waals surface area contributed by atoms with Crippen LogP contribution in [0, 0.1) is 5.82 Å². The third-order valence-electron chi connectivity index (χ3n) is 6.35. The Bertz CT molecular complexity index is 1420. The number of aromatic nitrogens is 3. The van der Waals surface area contributed by atoms with Crippen LogP contribution in [0.3, 0.4) is 0 Å². The van der Waals surface area contributed by atoms with E-state index in [9.17, 15) is 4.39 Å². The highest BCUT2D eigenvalue weighted by atomic mass is 19.1. The Labute approximate surface area is 185 Å². The fourth-order valence-corrected chi connectivity index (χ4v) is 4.72. The molecule has 0 bridgehead atoms. The Morgan fingerprint density at radius 1 is 0.906 bits per heavy atom. The van der Waals surface area contributed by atoms with Crippen molar-refractivity contribution in [3.63, 3.8) is 0 Å². The van der Waals surface area contributed by atoms with Crippen LogP contribution < -0.4 is 4.90 Å². The smallest absolute Gasteiger partial charge is 0.123 e. The number of halogens is 1. The van der Waals surface area contributed by atoms with Crippen molar-refractivity contribution in [2.45, 2.75) is 19.5 Å². The summed E-state index contributed by atoms with van der Waals surface area (Å²) in [5.74, 6) is -0.257. The molecule has 6 rings (SSSR count). The molecule has 32 heavy (non-hydrogen) atoms. The molecular weight excluding hydrogens is 399 g/mol. The zero-order chi connectivity index (χ0) is 21.7. The maximum absolute atomic E-state index is 13.6. The standard InChI is InChI=1S/C27H21FN4/c1-18-24-5-3-2-4-21(24)17-31(18)23-12-15-32-25(16-23)26(19-10-13-29-14-11-19)27(30-32)20-6-8-22(28)9-7-20/h2-16,18H,17H2,1H3. The molecule has 1 aliphatic rings. The van der Waals surface area contributed by atoms with Gasteiger partial charge >= 0.3 is 0 Å². The molecule has 0 fully saturated rings. The van der Waals surface area contributed by atoms with Crippen LogP contribution in [0.15, 0.2) is 91.4 Å². The lowest BCUT2D eigenvalue weighted by atomic mass is 10.0. The summed E-state index contributed by atoms with van der Waals surface area (Å²) in [7, 11) is 0. The highest BCUT2D eigenvalue weighted by molar-refractivity contribution is 5.93. The second-order valence-electron chi connectivity index (χ2n) is 8.18. The van der Waals surface area contributed by atoms with E-state index in [2.05, 4.69) is 53.2 Å². The summed E-state index contributed by atoms with van der Waals surface area (Å²) in [6, 6.07) is 23.8. The normalized spacial score (nSPS) is 15.3. The van der Waals surface area contributed by atoms with Crippen molar-refractivity contribution in [2.24, 2.45) is 0 Å². The fourth-order valence-electron chi connectivity index (χ4n) is 4.72. The Morgan fingerprint density at radius 3 is 2.47 bits per heavy atom. The van der Waals surface area contributed by atoms with Gasteiger partial charge in [0.1, 0.15) is 11.5 Å². The average molecular weight is 420 g/mol. The van der Waals surface area contributed by atoms with E-state index in [1.54, 1.807) is 24.5 Å². The SMILES string of the molecule is CC1c2ccccc2CN1c1ccn2nc(-c3ccc(F)cc3)c(-c3ccncc3)c2c1. The third-order valence-corrected chi connectivity index (χ3v) is 6.35. The first kappa shape index (κ1) is 18.8. The summed E-state index contributed by atoms with van der Waals surface area (Å²) in [5, 5.41) is 4.87. The van der Waals surface area contributed by atoms with Crippen molar-refractivity contribution in [3.05, 3.63) is 108 Å². The fraction of sp³-hybridized carbons (Fsp3) is 0.111. The molecule has 4 heterocycles. The van der Waals surface area contributed by atoms with E-state index < -0.39 is 0 Å². The first-order valence-corrected chi connectivity index (χ1v) is 10.7. The lowest BCUT2D eigenvalue weighted by Gasteiger charge is -2.24. The van der Waals surface area contributed by atoms with Gasteiger partial charge in [0, 0.05) is 41.9 Å². The summed E-state index contributed by atoms with van der Waals surface area (Å²) in [6.07, 6.45) is 5.59. The molecule has 3 aromatic heterocycles. The monoisotopic (exact) mass is 420 g/mol. The molecule has 0 aliphatic carbocycles. The lowest BCUT2D eigenvalue weighted by Crippen LogP contribution is -2.19. The molecule has 0 radical (unpaired) electrons. The summed E-state index contributed by atoms with van der Waals surface area (Å²) in [6.45, 7) is 3.14. The number of rotatable bonds is 3. The highest BCUT2D eigenvalue weighted by Gasteiger charge is 2.27. The van der Waals surface area contributed by atoms with Gasteiger partial charge in [-0.3, -0.25) is 4.98 Å². The molecule has 5 heteroatoms. The number of benzene rings is 2. The van der Waals surface area contributed by atoms with E-state index in [-0.39, 0.29) is 5.82 Å². The summed E-state index contributed by atoms with van der Waals surface area (Å²) in [4.78, 5) is 6.60. The minimum absolute atomic E-state index is 0.257. The van der Waals surface area contributed by atoms with Gasteiger partial charge in [-0.1, -0.05) is 24.3 Å². The third kappa shape index (κ3) is 2.97. The van der Waals surface area contributed by atoms with Crippen LogP contribution in [0.2, 0.25) is 0 Å². The molecule has 0 saturated heterocycles. The van der Waals surface area contributed by atoms with Crippen molar-refractivity contribution in [1.29, 1.82) is 0 Å². The Hall–Kier alpha value is -3.99. The molecule has 5 aromatic rings. The molecule has 2 aromatic carbocycles. The van der Waals surface area contributed by atoms with Crippen molar-refractivity contribution < 1.29 is 4.39 Å². The zero-order valence-electron chi connectivity index (χ0n) is 17.6. The van der Waals surface area contributed by atoms with E-state index in [0.29, 0.717) is 6.04 Å². The molecule has 1 aliphatic heterocycles. The van der Waals surface area contributed by atoms with Gasteiger partial charge in [0.05, 0.1) is 11.6 Å². The largest absolute Gasteiger partial charge is 0.360 e. The summed E-state index contributed by atoms with van der Waals surface area (Å²) < 4.78 is 15.5. The number of anilines is 1. The maximum Gasteiger partial charge on any atom is 0.123 e. The first-order chi connectivity index (χ1) is 15.7. The van der Waals surface area contributed by atoms with Crippen molar-refractivity contribution in [2.75, 3.05) is 4.90 Å². The van der Waals surface area contributed by atoms with E-state index in [4.69, 9.17) is 5.10 Å². The molecule has 0 N–H and O–H groups in total. The second-order valence-corrected chi connectivity index (χ2v) is 8.18. The van der Waals surface area contributed by atoms with Crippen molar-refractivity contribution >= 4 is 11.2 Å². The summed E-state index contributed by atoms with van der Waals surface area (Å²) in [5.41, 5.74) is 8.67. The predicted octanol–water partition coefficient (Wildman–Crippen LogP) is 6.28. The van der Waals surface area contributed by atoms with Crippen molar-refractivity contribution in [1.82, 2.24) is 14.6 Å². The molecule has 0 spiro atoms. The van der Waals surface area contributed by atoms with Gasteiger partial charge in [-0.15, -0.1) is 0 Å².